The van der Waals surface area contributed by atoms with E-state index in [0.717, 1.165) is 50.1 Å². The molecule has 6 aliphatic heterocycles. The SMILES string of the molecule is CCC(C)N1CC=CCN(C(C)CC)S1(=O)=O.CNC(=O)C(C)N1CC=CCN(C(C)C(=O)NC)S1(=O)=O.COOCC(C)N1CC(O)=C(O)CN(C(C)C(=O)OC)S1(=O)=O.COOCC(C)N1CC=CCN(C(C)C(=O)OC)S1(=O)=O.COOCC(C)N1CC=CCN(C(C)C(=O)OC)S1(=O)=O.COOCC(C)N1CC=CCN(C(C)C(=O)OC)S1(=O)=O. The normalized spacial score (nSPS) is 22.8. The van der Waals surface area contributed by atoms with Gasteiger partial charge in [0.2, 0.25) is 11.8 Å². The smallest absolute Gasteiger partial charge is 0.323 e. The zero-order valence-electron chi connectivity index (χ0n) is 75.4. The number of methoxy groups -OCH3 is 4. The molecule has 6 aliphatic rings. The highest BCUT2D eigenvalue weighted by molar-refractivity contribution is 7.88. The van der Waals surface area contributed by atoms with Crippen molar-refractivity contribution in [1.82, 2.24) is 62.3 Å². The molecule has 4 N–H and O–H groups in total. The minimum atomic E-state index is -4.18. The van der Waals surface area contributed by atoms with Crippen molar-refractivity contribution in [3.05, 3.63) is 72.3 Å². The van der Waals surface area contributed by atoms with Gasteiger partial charge in [-0.1, -0.05) is 74.6 Å². The van der Waals surface area contributed by atoms with Crippen molar-refractivity contribution in [3.63, 3.8) is 0 Å². The van der Waals surface area contributed by atoms with Crippen LogP contribution in [0.1, 0.15) is 110 Å². The van der Waals surface area contributed by atoms with Crippen LogP contribution < -0.4 is 10.6 Å². The average Bonchev–Trinajstić information content (AvgIpc) is 1.60. The van der Waals surface area contributed by atoms with E-state index < -0.39 is 182 Å². The van der Waals surface area contributed by atoms with Crippen molar-refractivity contribution in [1.29, 1.82) is 0 Å². The van der Waals surface area contributed by atoms with Crippen LogP contribution in [0.3, 0.4) is 0 Å². The molecule has 0 saturated heterocycles. The second kappa shape index (κ2) is 55.6. The van der Waals surface area contributed by atoms with Gasteiger partial charge >= 0.3 is 23.9 Å². The van der Waals surface area contributed by atoms with Gasteiger partial charge in [0.1, 0.15) is 47.8 Å². The zero-order valence-corrected chi connectivity index (χ0v) is 80.3. The lowest BCUT2D eigenvalue weighted by molar-refractivity contribution is -0.277. The predicted octanol–water partition coefficient (Wildman–Crippen LogP) is 0.179. The summed E-state index contributed by atoms with van der Waals surface area (Å²) in [6.07, 6.45) is 19.3. The fourth-order valence-corrected chi connectivity index (χ4v) is 23.1. The van der Waals surface area contributed by atoms with Gasteiger partial charge in [-0.25, -0.2) is 39.1 Å². The molecule has 0 radical (unpaired) electrons. The Morgan fingerprint density at radius 1 is 0.290 bits per heavy atom. The quantitative estimate of drug-likeness (QED) is 0.0229. The summed E-state index contributed by atoms with van der Waals surface area (Å²) in [5, 5.41) is 24.5. The molecule has 0 aliphatic carbocycles. The molecule has 6 rings (SSSR count). The lowest BCUT2D eigenvalue weighted by atomic mass is 10.2. The van der Waals surface area contributed by atoms with Crippen LogP contribution in [-0.4, -0.2) is 397 Å². The highest BCUT2D eigenvalue weighted by Crippen LogP contribution is 2.28. The molecule has 0 aromatic heterocycles. The number of hydrogen-bond acceptors (Lipinski definition) is 32. The second-order valence-corrected chi connectivity index (χ2v) is 39.2. The third kappa shape index (κ3) is 32.4. The monoisotopic (exact) mass is 1900 g/mol. The predicted molar refractivity (Wildman–Crippen MR) is 454 cm³/mol. The maximum absolute atomic E-state index is 12.8. The number of rotatable bonds is 32. The van der Waals surface area contributed by atoms with Crippen LogP contribution in [0.5, 0.6) is 0 Å². The van der Waals surface area contributed by atoms with Gasteiger partial charge in [-0.05, 0) is 95.9 Å². The van der Waals surface area contributed by atoms with E-state index >= 15 is 0 Å². The van der Waals surface area contributed by atoms with E-state index in [1.807, 2.05) is 39.8 Å². The fraction of sp³-hybridized carbons (Fsp3) is 0.750. The molecular formula is C72H134N14O32S6. The molecule has 12 unspecified atom stereocenters. The molecule has 0 bridgehead atoms. The van der Waals surface area contributed by atoms with Gasteiger partial charge in [0.25, 0.3) is 61.3 Å². The average molecular weight is 1900 g/mol. The molecule has 0 spiro atoms. The van der Waals surface area contributed by atoms with Crippen molar-refractivity contribution in [2.45, 2.75) is 182 Å². The Balaban J connectivity index is 0.000000745. The van der Waals surface area contributed by atoms with E-state index in [-0.39, 0.29) is 90.9 Å². The number of amides is 2. The highest BCUT2D eigenvalue weighted by Gasteiger charge is 2.47. The Hall–Kier alpha value is -6.24. The summed E-state index contributed by atoms with van der Waals surface area (Å²) in [5.41, 5.74) is 0. The van der Waals surface area contributed by atoms with Gasteiger partial charge in [-0.3, -0.25) is 28.8 Å². The van der Waals surface area contributed by atoms with Crippen LogP contribution in [0, 0.1) is 0 Å². The Morgan fingerprint density at radius 3 is 0.669 bits per heavy atom. The van der Waals surface area contributed by atoms with Crippen molar-refractivity contribution in [2.75, 3.05) is 176 Å². The first-order valence-electron chi connectivity index (χ1n) is 39.4. The molecule has 0 saturated carbocycles. The van der Waals surface area contributed by atoms with Crippen LogP contribution in [0.15, 0.2) is 72.3 Å². The number of ether oxygens (including phenoxy) is 4. The lowest BCUT2D eigenvalue weighted by Gasteiger charge is -2.33. The molecule has 46 nitrogen and oxygen atoms in total. The van der Waals surface area contributed by atoms with Gasteiger partial charge in [0.15, 0.2) is 0 Å². The summed E-state index contributed by atoms with van der Waals surface area (Å²) >= 11 is 0. The van der Waals surface area contributed by atoms with E-state index in [2.05, 4.69) is 49.1 Å². The van der Waals surface area contributed by atoms with Gasteiger partial charge in [0.05, 0.1) is 121 Å². The van der Waals surface area contributed by atoms with E-state index in [1.54, 1.807) is 78.0 Å². The number of hydrogen-bond donors (Lipinski definition) is 4. The highest BCUT2D eigenvalue weighted by atomic mass is 32.2. The summed E-state index contributed by atoms with van der Waals surface area (Å²) in [6, 6.07) is -7.55. The third-order valence-electron chi connectivity index (χ3n) is 20.0. The summed E-state index contributed by atoms with van der Waals surface area (Å²) < 4.78 is 185. The minimum absolute atomic E-state index is 0.0503. The van der Waals surface area contributed by atoms with Crippen molar-refractivity contribution in [2.24, 2.45) is 0 Å². The summed E-state index contributed by atoms with van der Waals surface area (Å²) in [5.74, 6) is -4.44. The van der Waals surface area contributed by atoms with Crippen LogP contribution in [0.4, 0.5) is 0 Å². The Labute approximate surface area is 733 Å². The number of likely N-dealkylation sites (N-methyl/N-ethyl adjacent to an activating group) is 2. The maximum atomic E-state index is 12.8. The van der Waals surface area contributed by atoms with Gasteiger partial charge in [-0.15, -0.1) is 0 Å². The first kappa shape index (κ1) is 116. The zero-order chi connectivity index (χ0) is 95.2. The minimum Gasteiger partial charge on any atom is -0.507 e. The summed E-state index contributed by atoms with van der Waals surface area (Å²) in [6.45, 7) is 24.8. The summed E-state index contributed by atoms with van der Waals surface area (Å²) in [7, 11) is -9.82. The molecular weight excluding hydrogens is 1770 g/mol. The van der Waals surface area contributed by atoms with Crippen molar-refractivity contribution >= 4 is 96.9 Å². The topological polar surface area (TPSA) is 521 Å². The van der Waals surface area contributed by atoms with E-state index in [1.165, 1.54) is 125 Å². The second-order valence-electron chi connectivity index (χ2n) is 28.2. The molecule has 6 heterocycles. The molecule has 0 aromatic rings. The Bertz CT molecular complexity index is 3990. The fourth-order valence-electron chi connectivity index (χ4n) is 12.0. The van der Waals surface area contributed by atoms with E-state index in [0.29, 0.717) is 13.1 Å². The Kier molecular flexibility index (Phi) is 51.9. The molecule has 52 heteroatoms. The van der Waals surface area contributed by atoms with Gasteiger partial charge < -0.3 is 39.8 Å². The number of nitrogens with zero attached hydrogens (tertiary/aromatic N) is 12. The van der Waals surface area contributed by atoms with E-state index in [9.17, 15) is 89.5 Å². The Morgan fingerprint density at radius 2 is 0.460 bits per heavy atom. The van der Waals surface area contributed by atoms with E-state index in [4.69, 9.17) is 19.6 Å². The maximum Gasteiger partial charge on any atom is 0.323 e. The van der Waals surface area contributed by atoms with Crippen molar-refractivity contribution in [3.8, 4) is 0 Å². The molecule has 124 heavy (non-hydrogen) atoms. The number of nitrogens with one attached hydrogen (secondary N) is 2. The molecule has 12 atom stereocenters. The van der Waals surface area contributed by atoms with Crippen LogP contribution in [-0.2, 0) is 148 Å². The van der Waals surface area contributed by atoms with Crippen LogP contribution in [0.25, 0.3) is 0 Å². The van der Waals surface area contributed by atoms with Crippen molar-refractivity contribution < 1.29 is 148 Å². The largest absolute Gasteiger partial charge is 0.507 e. The molecule has 0 fully saturated rings. The summed E-state index contributed by atoms with van der Waals surface area (Å²) in [4.78, 5) is 107. The molecule has 2 amide bonds. The molecule has 720 valence electrons. The number of aliphatic hydroxyl groups is 2. The van der Waals surface area contributed by atoms with Gasteiger partial charge in [0, 0.05) is 91.6 Å². The lowest BCUT2D eigenvalue weighted by Crippen LogP contribution is -2.55. The number of carbonyl (C=O) groups excluding carboxylic acids is 6. The van der Waals surface area contributed by atoms with Gasteiger partial charge in [-0.2, -0.15) is 102 Å². The first-order valence-corrected chi connectivity index (χ1v) is 47.8. The number of carbonyl (C=O) groups is 6. The number of aliphatic hydroxyl groups excluding tert-OH is 2. The van der Waals surface area contributed by atoms with Crippen LogP contribution in [0.2, 0.25) is 0 Å². The van der Waals surface area contributed by atoms with Crippen LogP contribution >= 0.6 is 0 Å². The molecule has 0 aromatic carbocycles. The standard InChI is InChI=1S/C12H22N4O4S.C12H22N2O8S.3C12H22N2O6S.C12H24N2O2S/c1-9(11(17)13-3)15-7-5-6-8-16(21(15,19)20)10(2)12(18)14-4;1-8(7-22-21-4)13-5-10(15)11(16)6-14(23(13,18)19)9(2)12(17)20-3;3*1-10(9-20-19-4)13-7-5-6-8-14(21(13,16)17)11(2)12(15)18-3;1-5-11(3)13-9-7-8-10-14(12(4)6-2)17(13,15)16/h5-6,9-10H,7-8H2,1-4H3,(H,13,17)(H,14,18);8-9,15-16H,5-7H2,1-4H3;3*5-6,10-11H,7-9H2,1-4H3;7-8,11-12H,5-6,9-10H2,1-4H3. The third-order valence-corrected chi connectivity index (χ3v) is 33.0. The first-order chi connectivity index (χ1) is 57.9. The number of esters is 4.